The van der Waals surface area contributed by atoms with Crippen molar-refractivity contribution in [1.29, 1.82) is 0 Å². The minimum Gasteiger partial charge on any atom is -0.370 e. The quantitative estimate of drug-likeness (QED) is 0.761. The van der Waals surface area contributed by atoms with Gasteiger partial charge in [-0.3, -0.25) is 0 Å². The summed E-state index contributed by atoms with van der Waals surface area (Å²) in [5.74, 6) is 0.942. The minimum atomic E-state index is -4.35. The minimum absolute atomic E-state index is 0.149. The average Bonchev–Trinajstić information content (AvgIpc) is 2.72. The van der Waals surface area contributed by atoms with Crippen LogP contribution < -0.4 is 5.32 Å². The molecule has 1 aromatic rings. The highest BCUT2D eigenvalue weighted by Crippen LogP contribution is 2.40. The van der Waals surface area contributed by atoms with Gasteiger partial charge in [0.25, 0.3) is 0 Å². The third-order valence-corrected chi connectivity index (χ3v) is 3.75. The number of aromatic nitrogens is 2. The first-order valence-corrected chi connectivity index (χ1v) is 5.96. The molecule has 0 amide bonds. The van der Waals surface area contributed by atoms with Gasteiger partial charge in [0.15, 0.2) is 5.69 Å². The fraction of sp³-hybridized carbons (Fsp3) is 0.727. The molecule has 0 saturated heterocycles. The number of rotatable bonds is 0. The molecule has 1 fully saturated rings. The van der Waals surface area contributed by atoms with Gasteiger partial charge in [-0.1, -0.05) is 12.8 Å². The number of fused-ring (bicyclic) bond motifs is 3. The Balaban J connectivity index is 1.96. The molecule has 2 heterocycles. The maximum absolute atomic E-state index is 12.6. The van der Waals surface area contributed by atoms with Gasteiger partial charge in [0.05, 0.1) is 6.04 Å². The predicted octanol–water partition coefficient (Wildman–Crippen LogP) is 3.06. The first-order valence-electron chi connectivity index (χ1n) is 5.96. The van der Waals surface area contributed by atoms with Gasteiger partial charge in [0, 0.05) is 12.6 Å². The predicted molar refractivity (Wildman–Crippen MR) is 56.7 cm³/mol. The summed E-state index contributed by atoms with van der Waals surface area (Å²) < 4.78 is 39.3. The van der Waals surface area contributed by atoms with Crippen molar-refractivity contribution in [2.24, 2.45) is 5.92 Å². The molecule has 1 aliphatic carbocycles. The first kappa shape index (κ1) is 10.9. The zero-order valence-electron chi connectivity index (χ0n) is 9.30. The SMILES string of the molecule is FC(F)(F)c1cc2n(n1)C1CCCCC1CN2. The van der Waals surface area contributed by atoms with E-state index >= 15 is 0 Å². The van der Waals surface area contributed by atoms with E-state index in [1.807, 2.05) is 0 Å². The smallest absolute Gasteiger partial charge is 0.370 e. The van der Waals surface area contributed by atoms with Crippen molar-refractivity contribution in [1.82, 2.24) is 9.78 Å². The summed E-state index contributed by atoms with van der Waals surface area (Å²) in [5.41, 5.74) is -0.786. The van der Waals surface area contributed by atoms with Gasteiger partial charge in [-0.2, -0.15) is 18.3 Å². The van der Waals surface area contributed by atoms with Crippen LogP contribution in [-0.4, -0.2) is 16.3 Å². The van der Waals surface area contributed by atoms with Crippen LogP contribution in [0.1, 0.15) is 37.4 Å². The molecule has 2 atom stereocenters. The van der Waals surface area contributed by atoms with Crippen LogP contribution in [0.2, 0.25) is 0 Å². The van der Waals surface area contributed by atoms with E-state index in [9.17, 15) is 13.2 Å². The maximum atomic E-state index is 12.6. The van der Waals surface area contributed by atoms with E-state index < -0.39 is 11.9 Å². The molecule has 1 saturated carbocycles. The van der Waals surface area contributed by atoms with Gasteiger partial charge < -0.3 is 5.32 Å². The van der Waals surface area contributed by atoms with Crippen LogP contribution >= 0.6 is 0 Å². The van der Waals surface area contributed by atoms with Crippen LogP contribution in [0.15, 0.2) is 6.07 Å². The summed E-state index contributed by atoms with van der Waals surface area (Å²) in [7, 11) is 0. The fourth-order valence-corrected chi connectivity index (χ4v) is 2.90. The third kappa shape index (κ3) is 1.79. The highest BCUT2D eigenvalue weighted by Gasteiger charge is 2.39. The van der Waals surface area contributed by atoms with E-state index in [1.54, 1.807) is 4.68 Å². The van der Waals surface area contributed by atoms with Crippen molar-refractivity contribution in [3.05, 3.63) is 11.8 Å². The number of hydrogen-bond donors (Lipinski definition) is 1. The highest BCUT2D eigenvalue weighted by molar-refractivity contribution is 5.40. The van der Waals surface area contributed by atoms with Crippen molar-refractivity contribution in [2.45, 2.75) is 37.9 Å². The number of alkyl halides is 3. The van der Waals surface area contributed by atoms with E-state index in [4.69, 9.17) is 0 Å². The largest absolute Gasteiger partial charge is 0.435 e. The topological polar surface area (TPSA) is 29.9 Å². The molecule has 2 unspecified atom stereocenters. The maximum Gasteiger partial charge on any atom is 0.435 e. The Labute approximate surface area is 97.0 Å². The zero-order valence-corrected chi connectivity index (χ0v) is 9.30. The second kappa shape index (κ2) is 3.65. The monoisotopic (exact) mass is 245 g/mol. The van der Waals surface area contributed by atoms with Gasteiger partial charge in [-0.25, -0.2) is 4.68 Å². The van der Waals surface area contributed by atoms with E-state index in [-0.39, 0.29) is 6.04 Å². The molecule has 3 rings (SSSR count). The molecular weight excluding hydrogens is 231 g/mol. The summed E-state index contributed by atoms with van der Waals surface area (Å²) in [5, 5.41) is 6.79. The molecule has 94 valence electrons. The molecule has 1 aromatic heterocycles. The number of anilines is 1. The lowest BCUT2D eigenvalue weighted by molar-refractivity contribution is -0.141. The standard InChI is InChI=1S/C11H14F3N3/c12-11(13,14)9-5-10-15-6-7-3-1-2-4-8(7)17(10)16-9/h5,7-8,15H,1-4,6H2. The number of hydrogen-bond acceptors (Lipinski definition) is 2. The van der Waals surface area contributed by atoms with E-state index in [1.165, 1.54) is 6.42 Å². The highest BCUT2D eigenvalue weighted by atomic mass is 19.4. The van der Waals surface area contributed by atoms with E-state index in [0.29, 0.717) is 11.7 Å². The number of halogens is 3. The number of nitrogens with zero attached hydrogens (tertiary/aromatic N) is 2. The van der Waals surface area contributed by atoms with Crippen molar-refractivity contribution >= 4 is 5.82 Å². The molecule has 6 heteroatoms. The Morgan fingerprint density at radius 2 is 2.06 bits per heavy atom. The zero-order chi connectivity index (χ0) is 12.0. The first-order chi connectivity index (χ1) is 8.05. The molecule has 0 spiro atoms. The van der Waals surface area contributed by atoms with Crippen molar-refractivity contribution in [3.63, 3.8) is 0 Å². The lowest BCUT2D eigenvalue weighted by Gasteiger charge is -2.36. The Bertz CT molecular complexity index is 424. The normalized spacial score (nSPS) is 28.2. The van der Waals surface area contributed by atoms with Crippen molar-refractivity contribution in [2.75, 3.05) is 11.9 Å². The van der Waals surface area contributed by atoms with Crippen LogP contribution in [0.4, 0.5) is 19.0 Å². The van der Waals surface area contributed by atoms with Gasteiger partial charge >= 0.3 is 6.18 Å². The summed E-state index contributed by atoms with van der Waals surface area (Å²) in [6.45, 7) is 0.771. The summed E-state index contributed by atoms with van der Waals surface area (Å²) in [4.78, 5) is 0. The van der Waals surface area contributed by atoms with Gasteiger partial charge in [-0.05, 0) is 18.8 Å². The second-order valence-corrected chi connectivity index (χ2v) is 4.85. The Kier molecular flexibility index (Phi) is 2.34. The van der Waals surface area contributed by atoms with E-state index in [2.05, 4.69) is 10.4 Å². The lowest BCUT2D eigenvalue weighted by Crippen LogP contribution is -2.35. The molecule has 1 aliphatic heterocycles. The van der Waals surface area contributed by atoms with Gasteiger partial charge in [0.1, 0.15) is 5.82 Å². The summed E-state index contributed by atoms with van der Waals surface area (Å²) in [6.07, 6.45) is -0.0692. The van der Waals surface area contributed by atoms with Crippen molar-refractivity contribution < 1.29 is 13.2 Å². The van der Waals surface area contributed by atoms with Gasteiger partial charge in [-0.15, -0.1) is 0 Å². The van der Waals surface area contributed by atoms with Crippen LogP contribution in [0, 0.1) is 5.92 Å². The van der Waals surface area contributed by atoms with Gasteiger partial charge in [0.2, 0.25) is 0 Å². The molecule has 1 N–H and O–H groups in total. The molecule has 0 radical (unpaired) electrons. The summed E-state index contributed by atoms with van der Waals surface area (Å²) in [6, 6.07) is 1.27. The third-order valence-electron chi connectivity index (χ3n) is 3.75. The molecule has 0 bridgehead atoms. The second-order valence-electron chi connectivity index (χ2n) is 4.85. The van der Waals surface area contributed by atoms with Crippen LogP contribution in [-0.2, 0) is 6.18 Å². The van der Waals surface area contributed by atoms with Crippen LogP contribution in [0.3, 0.4) is 0 Å². The average molecular weight is 245 g/mol. The molecular formula is C11H14F3N3. The van der Waals surface area contributed by atoms with Crippen LogP contribution in [0.25, 0.3) is 0 Å². The number of nitrogens with one attached hydrogen (secondary N) is 1. The Morgan fingerprint density at radius 3 is 2.82 bits per heavy atom. The summed E-state index contributed by atoms with van der Waals surface area (Å²) >= 11 is 0. The van der Waals surface area contributed by atoms with E-state index in [0.717, 1.165) is 31.9 Å². The molecule has 2 aliphatic rings. The van der Waals surface area contributed by atoms with Crippen LogP contribution in [0.5, 0.6) is 0 Å². The fourth-order valence-electron chi connectivity index (χ4n) is 2.90. The lowest BCUT2D eigenvalue weighted by atomic mass is 9.83. The van der Waals surface area contributed by atoms with Crippen molar-refractivity contribution in [3.8, 4) is 0 Å². The Hall–Kier alpha value is -1.20. The molecule has 3 nitrogen and oxygen atoms in total. The molecule has 17 heavy (non-hydrogen) atoms. The Morgan fingerprint density at radius 1 is 1.29 bits per heavy atom. The molecule has 0 aromatic carbocycles.